The van der Waals surface area contributed by atoms with Gasteiger partial charge >= 0.3 is 12.1 Å². The molecule has 0 aliphatic carbocycles. The van der Waals surface area contributed by atoms with Crippen molar-refractivity contribution in [1.29, 1.82) is 0 Å². The van der Waals surface area contributed by atoms with Gasteiger partial charge < -0.3 is 14.8 Å². The Bertz CT molecular complexity index is 330. The van der Waals surface area contributed by atoms with Gasteiger partial charge in [-0.15, -0.1) is 0 Å². The molecule has 0 rings (SSSR count). The van der Waals surface area contributed by atoms with E-state index < -0.39 is 23.7 Å². The summed E-state index contributed by atoms with van der Waals surface area (Å²) in [7, 11) is 1.17. The van der Waals surface area contributed by atoms with E-state index in [1.54, 1.807) is 20.8 Å². The summed E-state index contributed by atoms with van der Waals surface area (Å²) in [6.07, 6.45) is -0.777. The van der Waals surface area contributed by atoms with Crippen LogP contribution in [-0.4, -0.2) is 37.4 Å². The number of methoxy groups -OCH3 is 1. The maximum atomic E-state index is 11.4. The lowest BCUT2D eigenvalue weighted by molar-refractivity contribution is -0.142. The summed E-state index contributed by atoms with van der Waals surface area (Å²) in [5.41, 5.74) is 7.48. The van der Waals surface area contributed by atoms with Crippen molar-refractivity contribution in [3.8, 4) is 0 Å². The average Bonchev–Trinajstić information content (AvgIpc) is 2.20. The molecule has 0 bridgehead atoms. The van der Waals surface area contributed by atoms with E-state index in [4.69, 9.17) is 10.3 Å². The Hall–Kier alpha value is -1.95. The summed E-state index contributed by atoms with van der Waals surface area (Å²) >= 11 is 0. The zero-order valence-electron chi connectivity index (χ0n) is 10.3. The predicted molar refractivity (Wildman–Crippen MR) is 59.2 cm³/mol. The van der Waals surface area contributed by atoms with Gasteiger partial charge in [0.05, 0.1) is 13.7 Å². The highest BCUT2D eigenvalue weighted by atomic mass is 16.6. The van der Waals surface area contributed by atoms with Gasteiger partial charge in [-0.3, -0.25) is 0 Å². The number of rotatable bonds is 4. The summed E-state index contributed by atoms with van der Waals surface area (Å²) in [5.74, 6) is -0.705. The van der Waals surface area contributed by atoms with Crippen molar-refractivity contribution in [2.75, 3.05) is 13.7 Å². The standard InChI is InChI=1S/C9H16N4O4/c1-9(2,3)17-8(15)12-6(5-11-13-10)7(14)16-4/h6H,5H2,1-4H3,(H,12,15). The Morgan fingerprint density at radius 1 is 1.47 bits per heavy atom. The van der Waals surface area contributed by atoms with Gasteiger partial charge in [-0.2, -0.15) is 0 Å². The molecule has 0 aromatic heterocycles. The first-order valence-corrected chi connectivity index (χ1v) is 4.88. The topological polar surface area (TPSA) is 113 Å². The lowest BCUT2D eigenvalue weighted by Crippen LogP contribution is -2.45. The molecule has 1 N–H and O–H groups in total. The maximum absolute atomic E-state index is 11.4. The zero-order chi connectivity index (χ0) is 13.5. The van der Waals surface area contributed by atoms with E-state index in [0.29, 0.717) is 0 Å². The molecule has 0 fully saturated rings. The minimum absolute atomic E-state index is 0.234. The van der Waals surface area contributed by atoms with Crippen LogP contribution in [0.3, 0.4) is 0 Å². The summed E-state index contributed by atoms with van der Waals surface area (Å²) < 4.78 is 9.40. The first-order chi connectivity index (χ1) is 7.80. The van der Waals surface area contributed by atoms with Crippen molar-refractivity contribution < 1.29 is 19.1 Å². The van der Waals surface area contributed by atoms with Gasteiger partial charge in [-0.05, 0) is 26.3 Å². The minimum atomic E-state index is -1.05. The predicted octanol–water partition coefficient (Wildman–Crippen LogP) is 1.36. The second-order valence-electron chi connectivity index (χ2n) is 4.14. The van der Waals surface area contributed by atoms with Crippen molar-refractivity contribution in [3.05, 3.63) is 10.4 Å². The van der Waals surface area contributed by atoms with Crippen LogP contribution in [0.2, 0.25) is 0 Å². The second-order valence-corrected chi connectivity index (χ2v) is 4.14. The van der Waals surface area contributed by atoms with Gasteiger partial charge in [0.2, 0.25) is 0 Å². The lowest BCUT2D eigenvalue weighted by Gasteiger charge is -2.21. The number of nitrogens with zero attached hydrogens (tertiary/aromatic N) is 3. The molecule has 0 saturated carbocycles. The van der Waals surface area contributed by atoms with Crippen LogP contribution in [0.5, 0.6) is 0 Å². The van der Waals surface area contributed by atoms with Crippen LogP contribution in [-0.2, 0) is 14.3 Å². The van der Waals surface area contributed by atoms with Crippen LogP contribution in [0.15, 0.2) is 5.11 Å². The number of amides is 1. The molecule has 0 spiro atoms. The number of carbonyl (C=O) groups is 2. The monoisotopic (exact) mass is 244 g/mol. The van der Waals surface area contributed by atoms with Crippen LogP contribution in [0.25, 0.3) is 10.4 Å². The van der Waals surface area contributed by atoms with Crippen LogP contribution in [0.1, 0.15) is 20.8 Å². The highest BCUT2D eigenvalue weighted by Gasteiger charge is 2.24. The molecule has 8 heteroatoms. The molecule has 96 valence electrons. The number of carbonyl (C=O) groups excluding carboxylic acids is 2. The van der Waals surface area contributed by atoms with Crippen molar-refractivity contribution in [2.45, 2.75) is 32.4 Å². The van der Waals surface area contributed by atoms with Gasteiger partial charge in [0, 0.05) is 4.91 Å². The lowest BCUT2D eigenvalue weighted by atomic mass is 10.2. The van der Waals surface area contributed by atoms with E-state index in [9.17, 15) is 9.59 Å². The molecular weight excluding hydrogens is 228 g/mol. The van der Waals surface area contributed by atoms with Gasteiger partial charge in [-0.1, -0.05) is 5.11 Å². The fourth-order valence-electron chi connectivity index (χ4n) is 0.889. The summed E-state index contributed by atoms with van der Waals surface area (Å²) in [4.78, 5) is 25.1. The fourth-order valence-corrected chi connectivity index (χ4v) is 0.889. The first-order valence-electron chi connectivity index (χ1n) is 4.88. The van der Waals surface area contributed by atoms with Crippen LogP contribution in [0.4, 0.5) is 4.79 Å². The van der Waals surface area contributed by atoms with E-state index in [-0.39, 0.29) is 6.54 Å². The maximum Gasteiger partial charge on any atom is 0.408 e. The number of ether oxygens (including phenoxy) is 2. The fraction of sp³-hybridized carbons (Fsp3) is 0.778. The quantitative estimate of drug-likeness (QED) is 0.348. The van der Waals surface area contributed by atoms with Crippen molar-refractivity contribution in [2.24, 2.45) is 5.11 Å². The summed E-state index contributed by atoms with van der Waals surface area (Å²) in [6, 6.07) is -1.05. The molecule has 1 amide bonds. The molecule has 8 nitrogen and oxygen atoms in total. The largest absolute Gasteiger partial charge is 0.467 e. The number of azide groups is 1. The molecule has 0 heterocycles. The molecule has 0 aromatic rings. The Labute approximate surface area is 98.9 Å². The highest BCUT2D eigenvalue weighted by Crippen LogP contribution is 2.07. The molecule has 17 heavy (non-hydrogen) atoms. The average molecular weight is 244 g/mol. The Balaban J connectivity index is 4.47. The van der Waals surface area contributed by atoms with Gasteiger partial charge in [0.25, 0.3) is 0 Å². The number of alkyl carbamates (subject to hydrolysis) is 1. The van der Waals surface area contributed by atoms with E-state index >= 15 is 0 Å². The third kappa shape index (κ3) is 7.02. The van der Waals surface area contributed by atoms with E-state index in [1.807, 2.05) is 0 Å². The van der Waals surface area contributed by atoms with Gasteiger partial charge in [-0.25, -0.2) is 9.59 Å². The van der Waals surface area contributed by atoms with Crippen molar-refractivity contribution >= 4 is 12.1 Å². The molecular formula is C9H16N4O4. The molecule has 1 unspecified atom stereocenters. The van der Waals surface area contributed by atoms with E-state index in [1.165, 1.54) is 7.11 Å². The molecule has 0 radical (unpaired) electrons. The third-order valence-electron chi connectivity index (χ3n) is 1.50. The normalized spacial score (nSPS) is 12.0. The molecule has 0 aliphatic heterocycles. The summed E-state index contributed by atoms with van der Waals surface area (Å²) in [6.45, 7) is 4.83. The molecule has 1 atom stereocenters. The molecule has 0 aliphatic rings. The molecule has 0 saturated heterocycles. The van der Waals surface area contributed by atoms with E-state index in [2.05, 4.69) is 20.1 Å². The Morgan fingerprint density at radius 2 is 2.06 bits per heavy atom. The zero-order valence-corrected chi connectivity index (χ0v) is 10.3. The molecule has 0 aromatic carbocycles. The minimum Gasteiger partial charge on any atom is -0.467 e. The van der Waals surface area contributed by atoms with E-state index in [0.717, 1.165) is 0 Å². The Morgan fingerprint density at radius 3 is 2.47 bits per heavy atom. The number of esters is 1. The Kier molecular flexibility index (Phi) is 5.84. The first kappa shape index (κ1) is 15.0. The van der Waals surface area contributed by atoms with Crippen LogP contribution < -0.4 is 5.32 Å². The second kappa shape index (κ2) is 6.59. The third-order valence-corrected chi connectivity index (χ3v) is 1.50. The number of nitrogens with one attached hydrogen (secondary N) is 1. The van der Waals surface area contributed by atoms with Crippen molar-refractivity contribution in [1.82, 2.24) is 5.32 Å². The highest BCUT2D eigenvalue weighted by molar-refractivity contribution is 5.81. The smallest absolute Gasteiger partial charge is 0.408 e. The van der Waals surface area contributed by atoms with Gasteiger partial charge in [0.15, 0.2) is 0 Å². The van der Waals surface area contributed by atoms with Crippen LogP contribution in [0, 0.1) is 0 Å². The SMILES string of the molecule is COC(=O)C(CN=[N+]=[N-])NC(=O)OC(C)(C)C. The summed E-state index contributed by atoms with van der Waals surface area (Å²) in [5, 5.41) is 5.46. The number of hydrogen-bond donors (Lipinski definition) is 1. The van der Waals surface area contributed by atoms with Crippen molar-refractivity contribution in [3.63, 3.8) is 0 Å². The van der Waals surface area contributed by atoms with Crippen LogP contribution >= 0.6 is 0 Å². The number of hydrogen-bond acceptors (Lipinski definition) is 5. The van der Waals surface area contributed by atoms with Gasteiger partial charge in [0.1, 0.15) is 11.6 Å².